The lowest BCUT2D eigenvalue weighted by Gasteiger charge is -2.33. The van der Waals surface area contributed by atoms with Gasteiger partial charge in [0.1, 0.15) is 0 Å². The Bertz CT molecular complexity index is 473. The van der Waals surface area contributed by atoms with Gasteiger partial charge in [-0.1, -0.05) is 0 Å². The van der Waals surface area contributed by atoms with Crippen molar-refractivity contribution in [2.75, 3.05) is 32.6 Å². The highest BCUT2D eigenvalue weighted by atomic mass is 32.2. The fourth-order valence-corrected chi connectivity index (χ4v) is 3.48. The lowest BCUT2D eigenvalue weighted by molar-refractivity contribution is -0.131. The maximum atomic E-state index is 12.3. The lowest BCUT2D eigenvalue weighted by atomic mass is 9.84. The Hall–Kier alpha value is -0.700. The number of nitrogens with zero attached hydrogens (tertiary/aromatic N) is 1. The lowest BCUT2D eigenvalue weighted by Crippen LogP contribution is -2.54. The third kappa shape index (κ3) is 3.13. The summed E-state index contributed by atoms with van der Waals surface area (Å²) in [7, 11) is -3.13. The van der Waals surface area contributed by atoms with Crippen LogP contribution in [0, 0.1) is 5.41 Å². The number of ether oxygens (including phenoxy) is 1. The zero-order valence-corrected chi connectivity index (χ0v) is 12.8. The summed E-state index contributed by atoms with van der Waals surface area (Å²) in [6.07, 6.45) is 2.47. The van der Waals surface area contributed by atoms with Gasteiger partial charge in [-0.3, -0.25) is 4.79 Å². The van der Waals surface area contributed by atoms with Crippen molar-refractivity contribution in [3.05, 3.63) is 0 Å². The molecule has 116 valence electrons. The molecule has 7 nitrogen and oxygen atoms in total. The van der Waals surface area contributed by atoms with Crippen molar-refractivity contribution in [3.63, 3.8) is 0 Å². The maximum absolute atomic E-state index is 12.3. The molecule has 2 aliphatic heterocycles. The molecular formula is C12H23N3O4S. The van der Waals surface area contributed by atoms with Gasteiger partial charge in [0.05, 0.1) is 24.9 Å². The van der Waals surface area contributed by atoms with Gasteiger partial charge in [0.15, 0.2) is 0 Å². The second kappa shape index (κ2) is 5.59. The van der Waals surface area contributed by atoms with E-state index in [9.17, 15) is 13.2 Å². The topological polar surface area (TPSA) is 102 Å². The molecule has 0 spiro atoms. The van der Waals surface area contributed by atoms with E-state index in [1.54, 1.807) is 0 Å². The molecule has 0 aliphatic carbocycles. The monoisotopic (exact) mass is 305 g/mol. The van der Waals surface area contributed by atoms with Gasteiger partial charge in [-0.15, -0.1) is 0 Å². The summed E-state index contributed by atoms with van der Waals surface area (Å²) < 4.78 is 29.6. The van der Waals surface area contributed by atoms with Crippen LogP contribution in [0.1, 0.15) is 19.8 Å². The molecular weight excluding hydrogens is 282 g/mol. The highest BCUT2D eigenvalue weighted by Crippen LogP contribution is 2.27. The van der Waals surface area contributed by atoms with Crippen LogP contribution in [0.2, 0.25) is 0 Å². The Morgan fingerprint density at radius 3 is 2.45 bits per heavy atom. The van der Waals surface area contributed by atoms with E-state index >= 15 is 0 Å². The second-order valence-electron chi connectivity index (χ2n) is 5.95. The number of amides is 1. The van der Waals surface area contributed by atoms with E-state index < -0.39 is 15.4 Å². The van der Waals surface area contributed by atoms with Gasteiger partial charge in [0.25, 0.3) is 0 Å². The van der Waals surface area contributed by atoms with Crippen LogP contribution in [0.5, 0.6) is 0 Å². The second-order valence-corrected chi connectivity index (χ2v) is 7.93. The summed E-state index contributed by atoms with van der Waals surface area (Å²) in [5.41, 5.74) is 5.24. The number of nitrogens with two attached hydrogens (primary N) is 1. The molecule has 0 bridgehead atoms. The first-order valence-corrected chi connectivity index (χ1v) is 8.68. The maximum Gasteiger partial charge on any atom is 0.230 e. The van der Waals surface area contributed by atoms with Crippen molar-refractivity contribution in [2.45, 2.75) is 31.8 Å². The number of hydrogen-bond acceptors (Lipinski definition) is 5. The number of hydrogen-bond donors (Lipinski definition) is 2. The quantitative estimate of drug-likeness (QED) is 0.688. The Labute approximate surface area is 119 Å². The van der Waals surface area contributed by atoms with Crippen molar-refractivity contribution in [1.82, 2.24) is 9.62 Å². The zero-order chi connectivity index (χ0) is 15.0. The zero-order valence-electron chi connectivity index (χ0n) is 12.0. The number of carbonyl (C=O) groups excluding carboxylic acids is 1. The predicted molar refractivity (Wildman–Crippen MR) is 74.5 cm³/mol. The third-order valence-electron chi connectivity index (χ3n) is 4.29. The smallest absolute Gasteiger partial charge is 0.230 e. The van der Waals surface area contributed by atoms with E-state index in [0.717, 1.165) is 0 Å². The molecule has 2 unspecified atom stereocenters. The predicted octanol–water partition coefficient (Wildman–Crippen LogP) is -1.11. The van der Waals surface area contributed by atoms with Crippen LogP contribution in [0.4, 0.5) is 0 Å². The minimum atomic E-state index is -3.13. The molecule has 0 radical (unpaired) electrons. The molecule has 2 rings (SSSR count). The summed E-state index contributed by atoms with van der Waals surface area (Å²) in [6.45, 7) is 3.44. The van der Waals surface area contributed by atoms with Crippen LogP contribution < -0.4 is 11.1 Å². The SMILES string of the molecule is CC1(C(=O)NC2CCN(S(C)(=O)=O)CC2)COCC1N. The Morgan fingerprint density at radius 1 is 1.40 bits per heavy atom. The molecule has 20 heavy (non-hydrogen) atoms. The first-order chi connectivity index (χ1) is 9.23. The van der Waals surface area contributed by atoms with Gasteiger partial charge < -0.3 is 15.8 Å². The molecule has 2 atom stereocenters. The molecule has 0 aromatic heterocycles. The van der Waals surface area contributed by atoms with E-state index in [1.165, 1.54) is 10.6 Å². The van der Waals surface area contributed by atoms with E-state index in [1.807, 2.05) is 6.92 Å². The van der Waals surface area contributed by atoms with Crippen LogP contribution in [0.3, 0.4) is 0 Å². The number of rotatable bonds is 3. The number of piperidine rings is 1. The number of carbonyl (C=O) groups is 1. The van der Waals surface area contributed by atoms with Gasteiger partial charge in [-0.2, -0.15) is 0 Å². The normalized spacial score (nSPS) is 33.2. The van der Waals surface area contributed by atoms with Crippen LogP contribution >= 0.6 is 0 Å². The molecule has 2 saturated heterocycles. The van der Waals surface area contributed by atoms with Gasteiger partial charge >= 0.3 is 0 Å². The van der Waals surface area contributed by atoms with E-state index in [0.29, 0.717) is 39.1 Å². The van der Waals surface area contributed by atoms with E-state index in [4.69, 9.17) is 10.5 Å². The van der Waals surface area contributed by atoms with Crippen LogP contribution in [-0.2, 0) is 19.6 Å². The number of nitrogens with one attached hydrogen (secondary N) is 1. The van der Waals surface area contributed by atoms with Gasteiger partial charge in [-0.05, 0) is 19.8 Å². The standard InChI is InChI=1S/C12H23N3O4S/c1-12(8-19-7-10(12)13)11(16)14-9-3-5-15(6-4-9)20(2,17)18/h9-10H,3-8,13H2,1-2H3,(H,14,16). The summed E-state index contributed by atoms with van der Waals surface area (Å²) in [6, 6.07) is -0.288. The van der Waals surface area contributed by atoms with Crippen LogP contribution in [-0.4, -0.2) is 63.3 Å². The van der Waals surface area contributed by atoms with E-state index in [-0.39, 0.29) is 18.0 Å². The highest BCUT2D eigenvalue weighted by molar-refractivity contribution is 7.88. The van der Waals surface area contributed by atoms with Crippen molar-refractivity contribution in [1.29, 1.82) is 0 Å². The minimum absolute atomic E-state index is 0.00475. The molecule has 2 aliphatic rings. The molecule has 0 aromatic rings. The highest BCUT2D eigenvalue weighted by Gasteiger charge is 2.45. The summed E-state index contributed by atoms with van der Waals surface area (Å²) in [5.74, 6) is -0.0969. The van der Waals surface area contributed by atoms with Crippen LogP contribution in [0.15, 0.2) is 0 Å². The Balaban J connectivity index is 1.88. The third-order valence-corrected chi connectivity index (χ3v) is 5.60. The summed E-state index contributed by atoms with van der Waals surface area (Å²) in [5, 5.41) is 2.98. The first-order valence-electron chi connectivity index (χ1n) is 6.83. The van der Waals surface area contributed by atoms with Crippen molar-refractivity contribution in [3.8, 4) is 0 Å². The fraction of sp³-hybridized carbons (Fsp3) is 0.917. The first kappa shape index (κ1) is 15.7. The van der Waals surface area contributed by atoms with Crippen molar-refractivity contribution in [2.24, 2.45) is 11.1 Å². The average Bonchev–Trinajstić information content (AvgIpc) is 2.70. The average molecular weight is 305 g/mol. The summed E-state index contributed by atoms with van der Waals surface area (Å²) >= 11 is 0. The molecule has 2 fully saturated rings. The Morgan fingerprint density at radius 2 is 2.00 bits per heavy atom. The van der Waals surface area contributed by atoms with E-state index in [2.05, 4.69) is 5.32 Å². The Kier molecular flexibility index (Phi) is 4.38. The number of sulfonamides is 1. The molecule has 0 saturated carbocycles. The molecule has 1 amide bonds. The van der Waals surface area contributed by atoms with Gasteiger partial charge in [-0.25, -0.2) is 12.7 Å². The fourth-order valence-electron chi connectivity index (χ4n) is 2.60. The summed E-state index contributed by atoms with van der Waals surface area (Å²) in [4.78, 5) is 12.3. The van der Waals surface area contributed by atoms with Gasteiger partial charge in [0.2, 0.25) is 15.9 Å². The van der Waals surface area contributed by atoms with Crippen molar-refractivity contribution < 1.29 is 17.9 Å². The minimum Gasteiger partial charge on any atom is -0.379 e. The molecule has 3 N–H and O–H groups in total. The molecule has 0 aromatic carbocycles. The van der Waals surface area contributed by atoms with Crippen molar-refractivity contribution >= 4 is 15.9 Å². The molecule has 2 heterocycles. The largest absolute Gasteiger partial charge is 0.379 e. The van der Waals surface area contributed by atoms with Gasteiger partial charge in [0, 0.05) is 25.2 Å². The molecule has 8 heteroatoms. The van der Waals surface area contributed by atoms with Crippen LogP contribution in [0.25, 0.3) is 0 Å².